The van der Waals surface area contributed by atoms with E-state index in [1.165, 1.54) is 12.8 Å². The molecule has 1 nitrogen and oxygen atoms in total. The lowest BCUT2D eigenvalue weighted by Gasteiger charge is -2.31. The van der Waals surface area contributed by atoms with E-state index >= 15 is 0 Å². The van der Waals surface area contributed by atoms with E-state index in [1.807, 2.05) is 0 Å². The highest BCUT2D eigenvalue weighted by atomic mass is 16.1. The standard InChI is InChI=1S/C11H18O/c1-11(2,3)10-6-4-5-9(7-10)8-12/h7-8,10H,4-6H2,1-3H3. The van der Waals surface area contributed by atoms with Crippen LogP contribution in [0.5, 0.6) is 0 Å². The monoisotopic (exact) mass is 166 g/mol. The number of rotatable bonds is 1. The van der Waals surface area contributed by atoms with Gasteiger partial charge in [-0.2, -0.15) is 0 Å². The van der Waals surface area contributed by atoms with Gasteiger partial charge in [-0.05, 0) is 36.2 Å². The molecule has 1 atom stereocenters. The van der Waals surface area contributed by atoms with Crippen molar-refractivity contribution in [3.8, 4) is 0 Å². The third-order valence-corrected chi connectivity index (χ3v) is 2.66. The molecular formula is C11H18O. The molecule has 1 rings (SSSR count). The summed E-state index contributed by atoms with van der Waals surface area (Å²) in [5, 5.41) is 0. The Hall–Kier alpha value is -0.590. The summed E-state index contributed by atoms with van der Waals surface area (Å²) >= 11 is 0. The molecule has 1 unspecified atom stereocenters. The molecule has 68 valence electrons. The van der Waals surface area contributed by atoms with E-state index in [0.29, 0.717) is 11.3 Å². The summed E-state index contributed by atoms with van der Waals surface area (Å²) in [6.07, 6.45) is 6.57. The van der Waals surface area contributed by atoms with Crippen LogP contribution in [0.3, 0.4) is 0 Å². The van der Waals surface area contributed by atoms with Crippen molar-refractivity contribution < 1.29 is 4.79 Å². The summed E-state index contributed by atoms with van der Waals surface area (Å²) in [5.41, 5.74) is 1.32. The number of hydrogen-bond donors (Lipinski definition) is 0. The van der Waals surface area contributed by atoms with Crippen molar-refractivity contribution in [3.05, 3.63) is 11.6 Å². The van der Waals surface area contributed by atoms with Gasteiger partial charge in [0.05, 0.1) is 0 Å². The van der Waals surface area contributed by atoms with Gasteiger partial charge in [0, 0.05) is 0 Å². The van der Waals surface area contributed by atoms with E-state index in [9.17, 15) is 4.79 Å². The molecule has 0 radical (unpaired) electrons. The van der Waals surface area contributed by atoms with E-state index in [1.54, 1.807) is 0 Å². The average Bonchev–Trinajstić information content (AvgIpc) is 2.03. The quantitative estimate of drug-likeness (QED) is 0.547. The molecule has 0 saturated carbocycles. The smallest absolute Gasteiger partial charge is 0.145 e. The third-order valence-electron chi connectivity index (χ3n) is 2.66. The minimum atomic E-state index is 0.314. The average molecular weight is 166 g/mol. The van der Waals surface area contributed by atoms with Crippen LogP contribution in [-0.2, 0) is 4.79 Å². The van der Waals surface area contributed by atoms with E-state index in [0.717, 1.165) is 18.3 Å². The molecule has 0 heterocycles. The summed E-state index contributed by atoms with van der Waals surface area (Å²) in [6.45, 7) is 6.71. The Labute approximate surface area is 74.9 Å². The molecule has 0 aromatic heterocycles. The summed E-state index contributed by atoms with van der Waals surface area (Å²) in [5.74, 6) is 0.589. The number of aldehydes is 1. The normalized spacial score (nSPS) is 24.9. The maximum atomic E-state index is 10.6. The van der Waals surface area contributed by atoms with Gasteiger partial charge in [-0.1, -0.05) is 26.8 Å². The number of carbonyl (C=O) groups is 1. The van der Waals surface area contributed by atoms with Gasteiger partial charge in [0.15, 0.2) is 0 Å². The highest BCUT2D eigenvalue weighted by Crippen LogP contribution is 2.35. The van der Waals surface area contributed by atoms with E-state index in [2.05, 4.69) is 26.8 Å². The predicted molar refractivity (Wildman–Crippen MR) is 50.9 cm³/mol. The molecule has 0 aliphatic heterocycles. The van der Waals surface area contributed by atoms with E-state index in [-0.39, 0.29) is 0 Å². The molecule has 0 amide bonds. The van der Waals surface area contributed by atoms with Gasteiger partial charge >= 0.3 is 0 Å². The Kier molecular flexibility index (Phi) is 2.71. The molecule has 0 aromatic carbocycles. The van der Waals surface area contributed by atoms with Crippen molar-refractivity contribution in [1.82, 2.24) is 0 Å². The summed E-state index contributed by atoms with van der Waals surface area (Å²) in [7, 11) is 0. The Bertz CT molecular complexity index is 196. The Morgan fingerprint density at radius 2 is 2.17 bits per heavy atom. The highest BCUT2D eigenvalue weighted by Gasteiger charge is 2.24. The fraction of sp³-hybridized carbons (Fsp3) is 0.727. The van der Waals surface area contributed by atoms with Crippen LogP contribution in [0.25, 0.3) is 0 Å². The first-order valence-corrected chi connectivity index (χ1v) is 4.70. The minimum absolute atomic E-state index is 0.314. The van der Waals surface area contributed by atoms with Crippen molar-refractivity contribution in [2.75, 3.05) is 0 Å². The second-order valence-corrected chi connectivity index (χ2v) is 4.72. The molecule has 12 heavy (non-hydrogen) atoms. The fourth-order valence-corrected chi connectivity index (χ4v) is 1.73. The molecular weight excluding hydrogens is 148 g/mol. The lowest BCUT2D eigenvalue weighted by atomic mass is 9.74. The highest BCUT2D eigenvalue weighted by molar-refractivity contribution is 5.73. The van der Waals surface area contributed by atoms with Crippen LogP contribution in [0, 0.1) is 11.3 Å². The fourth-order valence-electron chi connectivity index (χ4n) is 1.73. The number of allylic oxidation sites excluding steroid dienone is 2. The largest absolute Gasteiger partial charge is 0.298 e. The first kappa shape index (κ1) is 9.50. The van der Waals surface area contributed by atoms with Crippen LogP contribution >= 0.6 is 0 Å². The molecule has 1 heteroatoms. The van der Waals surface area contributed by atoms with Crippen LogP contribution < -0.4 is 0 Å². The molecule has 1 aliphatic carbocycles. The van der Waals surface area contributed by atoms with Crippen LogP contribution in [0.4, 0.5) is 0 Å². The Morgan fingerprint density at radius 3 is 2.67 bits per heavy atom. The summed E-state index contributed by atoms with van der Waals surface area (Å²) in [6, 6.07) is 0. The van der Waals surface area contributed by atoms with Crippen molar-refractivity contribution in [2.24, 2.45) is 11.3 Å². The van der Waals surface area contributed by atoms with Crippen molar-refractivity contribution in [2.45, 2.75) is 40.0 Å². The maximum Gasteiger partial charge on any atom is 0.145 e. The molecule has 0 saturated heterocycles. The van der Waals surface area contributed by atoms with Gasteiger partial charge in [-0.3, -0.25) is 4.79 Å². The van der Waals surface area contributed by atoms with Crippen LogP contribution in [0.1, 0.15) is 40.0 Å². The topological polar surface area (TPSA) is 17.1 Å². The van der Waals surface area contributed by atoms with E-state index in [4.69, 9.17) is 0 Å². The molecule has 0 bridgehead atoms. The molecule has 0 spiro atoms. The first-order chi connectivity index (χ1) is 5.54. The van der Waals surface area contributed by atoms with Gasteiger partial charge in [-0.15, -0.1) is 0 Å². The van der Waals surface area contributed by atoms with E-state index < -0.39 is 0 Å². The second kappa shape index (κ2) is 3.42. The Morgan fingerprint density at radius 1 is 1.50 bits per heavy atom. The minimum Gasteiger partial charge on any atom is -0.298 e. The summed E-state index contributed by atoms with van der Waals surface area (Å²) < 4.78 is 0. The van der Waals surface area contributed by atoms with Crippen LogP contribution in [0.15, 0.2) is 11.6 Å². The zero-order chi connectivity index (χ0) is 9.19. The summed E-state index contributed by atoms with van der Waals surface area (Å²) in [4.78, 5) is 10.6. The van der Waals surface area contributed by atoms with Gasteiger partial charge in [0.2, 0.25) is 0 Å². The predicted octanol–water partition coefficient (Wildman–Crippen LogP) is 2.96. The lowest BCUT2D eigenvalue weighted by Crippen LogP contribution is -2.21. The molecule has 1 aliphatic rings. The van der Waals surface area contributed by atoms with Crippen LogP contribution in [-0.4, -0.2) is 6.29 Å². The SMILES string of the molecule is CC(C)(C)C1C=C(C=O)CCC1. The van der Waals surface area contributed by atoms with Crippen molar-refractivity contribution >= 4 is 6.29 Å². The molecule has 0 fully saturated rings. The molecule has 0 aromatic rings. The number of carbonyl (C=O) groups excluding carboxylic acids is 1. The van der Waals surface area contributed by atoms with Gasteiger partial charge < -0.3 is 0 Å². The molecule has 0 N–H and O–H groups in total. The van der Waals surface area contributed by atoms with Gasteiger partial charge in [0.1, 0.15) is 6.29 Å². The zero-order valence-electron chi connectivity index (χ0n) is 8.26. The maximum absolute atomic E-state index is 10.6. The van der Waals surface area contributed by atoms with Crippen molar-refractivity contribution in [1.29, 1.82) is 0 Å². The zero-order valence-corrected chi connectivity index (χ0v) is 8.26. The number of hydrogen-bond acceptors (Lipinski definition) is 1. The van der Waals surface area contributed by atoms with Gasteiger partial charge in [0.25, 0.3) is 0 Å². The lowest BCUT2D eigenvalue weighted by molar-refractivity contribution is -0.105. The van der Waals surface area contributed by atoms with Gasteiger partial charge in [-0.25, -0.2) is 0 Å². The second-order valence-electron chi connectivity index (χ2n) is 4.72. The Balaban J connectivity index is 2.74. The third kappa shape index (κ3) is 2.20. The van der Waals surface area contributed by atoms with Crippen molar-refractivity contribution in [3.63, 3.8) is 0 Å². The van der Waals surface area contributed by atoms with Crippen LogP contribution in [0.2, 0.25) is 0 Å². The first-order valence-electron chi connectivity index (χ1n) is 4.70.